The molecule has 47 heavy (non-hydrogen) atoms. The van der Waals surface area contributed by atoms with E-state index in [0.717, 1.165) is 61.1 Å². The highest BCUT2D eigenvalue weighted by Gasteiger charge is 2.20. The van der Waals surface area contributed by atoms with E-state index >= 15 is 0 Å². The zero-order valence-electron chi connectivity index (χ0n) is 25.8. The highest BCUT2D eigenvalue weighted by atomic mass is 15.2. The normalized spacial score (nSPS) is 13.9. The second-order valence-electron chi connectivity index (χ2n) is 11.6. The molecular formula is C44H31N3. The largest absolute Gasteiger partial charge is 0.285 e. The minimum atomic E-state index is 0.596. The zero-order valence-corrected chi connectivity index (χ0v) is 25.8. The number of aromatic nitrogens is 2. The fourth-order valence-corrected chi connectivity index (χ4v) is 6.26. The molecule has 1 aliphatic rings. The van der Waals surface area contributed by atoms with Crippen molar-refractivity contribution >= 4 is 28.0 Å². The third-order valence-corrected chi connectivity index (χ3v) is 8.65. The Morgan fingerprint density at radius 2 is 1.11 bits per heavy atom. The Bertz CT molecular complexity index is 2300. The van der Waals surface area contributed by atoms with Gasteiger partial charge in [-0.25, -0.2) is 9.97 Å². The van der Waals surface area contributed by atoms with E-state index < -0.39 is 0 Å². The highest BCUT2D eigenvalue weighted by molar-refractivity contribution is 6.03. The van der Waals surface area contributed by atoms with Crippen LogP contribution >= 0.6 is 0 Å². The Morgan fingerprint density at radius 1 is 0.511 bits per heavy atom. The van der Waals surface area contributed by atoms with Crippen LogP contribution in [0, 0.1) is 0 Å². The molecule has 0 spiro atoms. The molecule has 0 fully saturated rings. The average molecular weight is 602 g/mol. The van der Waals surface area contributed by atoms with Crippen LogP contribution in [0.15, 0.2) is 183 Å². The van der Waals surface area contributed by atoms with Gasteiger partial charge in [0.05, 0.1) is 11.4 Å². The molecule has 0 unspecified atom stereocenters. The molecule has 0 aliphatic carbocycles. The minimum Gasteiger partial charge on any atom is -0.285 e. The summed E-state index contributed by atoms with van der Waals surface area (Å²) in [4.78, 5) is 12.1. The maximum Gasteiger partial charge on any atom is 0.234 e. The van der Waals surface area contributed by atoms with Crippen LogP contribution in [0.5, 0.6) is 0 Å². The first-order valence-corrected chi connectivity index (χ1v) is 15.8. The van der Waals surface area contributed by atoms with Crippen LogP contribution in [-0.4, -0.2) is 9.97 Å². The molecule has 222 valence electrons. The van der Waals surface area contributed by atoms with Crippen LogP contribution in [0.25, 0.3) is 61.0 Å². The summed E-state index contributed by atoms with van der Waals surface area (Å²) >= 11 is 0. The lowest BCUT2D eigenvalue weighted by molar-refractivity contribution is 1.08. The van der Waals surface area contributed by atoms with Crippen LogP contribution in [0.1, 0.15) is 5.56 Å². The Morgan fingerprint density at radius 3 is 1.83 bits per heavy atom. The molecule has 2 heterocycles. The topological polar surface area (TPSA) is 29.0 Å². The minimum absolute atomic E-state index is 0.596. The van der Waals surface area contributed by atoms with Crippen molar-refractivity contribution in [3.8, 4) is 44.6 Å². The van der Waals surface area contributed by atoms with Crippen LogP contribution in [0.3, 0.4) is 0 Å². The van der Waals surface area contributed by atoms with E-state index in [4.69, 9.17) is 9.97 Å². The second-order valence-corrected chi connectivity index (χ2v) is 11.6. The summed E-state index contributed by atoms with van der Waals surface area (Å²) in [6.07, 6.45) is 9.95. The smallest absolute Gasteiger partial charge is 0.234 e. The number of allylic oxidation sites excluding steroid dienone is 4. The number of benzene rings is 6. The van der Waals surface area contributed by atoms with Gasteiger partial charge in [0.2, 0.25) is 5.95 Å². The van der Waals surface area contributed by atoms with Gasteiger partial charge in [-0.05, 0) is 74.7 Å². The monoisotopic (exact) mass is 601 g/mol. The maximum atomic E-state index is 5.20. The van der Waals surface area contributed by atoms with E-state index in [1.807, 2.05) is 42.8 Å². The second kappa shape index (κ2) is 12.2. The molecule has 0 N–H and O–H groups in total. The third-order valence-electron chi connectivity index (χ3n) is 8.65. The Hall–Kier alpha value is -6.32. The molecule has 0 amide bonds. The molecule has 1 aliphatic heterocycles. The molecular weight excluding hydrogens is 571 g/mol. The van der Waals surface area contributed by atoms with Crippen molar-refractivity contribution in [3.05, 3.63) is 188 Å². The summed E-state index contributed by atoms with van der Waals surface area (Å²) in [5.74, 6) is 0.596. The standard InChI is InChI=1S/C44H31N3/c1-31-12-10-11-27-47(43-40(31)24-23-36-17-8-9-18-41(36)43)44-45-26-25-42(46-44)39-29-37(33-15-6-3-7-16-33)28-38(30-39)35-21-19-34(20-22-35)32-13-4-2-5-14-32/h2-30H,1H2/b12-10-,27-11-. The quantitative estimate of drug-likeness (QED) is 0.197. The lowest BCUT2D eigenvalue weighted by atomic mass is 9.94. The van der Waals surface area contributed by atoms with Crippen molar-refractivity contribution in [2.75, 3.05) is 4.90 Å². The van der Waals surface area contributed by atoms with Gasteiger partial charge in [0.15, 0.2) is 0 Å². The van der Waals surface area contributed by atoms with Crippen molar-refractivity contribution in [2.24, 2.45) is 0 Å². The highest BCUT2D eigenvalue weighted by Crippen LogP contribution is 2.40. The Labute approximate surface area is 275 Å². The van der Waals surface area contributed by atoms with E-state index in [2.05, 4.69) is 145 Å². The van der Waals surface area contributed by atoms with Crippen LogP contribution in [-0.2, 0) is 0 Å². The summed E-state index contributed by atoms with van der Waals surface area (Å²) in [6.45, 7) is 4.37. The molecule has 0 bridgehead atoms. The van der Waals surface area contributed by atoms with Crippen molar-refractivity contribution in [3.63, 3.8) is 0 Å². The lowest BCUT2D eigenvalue weighted by Gasteiger charge is -2.25. The van der Waals surface area contributed by atoms with E-state index in [9.17, 15) is 0 Å². The first-order chi connectivity index (χ1) is 23.2. The van der Waals surface area contributed by atoms with Gasteiger partial charge >= 0.3 is 0 Å². The number of hydrogen-bond acceptors (Lipinski definition) is 3. The van der Waals surface area contributed by atoms with Crippen LogP contribution in [0.2, 0.25) is 0 Å². The molecule has 0 atom stereocenters. The first kappa shape index (κ1) is 28.2. The van der Waals surface area contributed by atoms with Gasteiger partial charge in [0.25, 0.3) is 0 Å². The SMILES string of the molecule is C=C1/C=C\C=C/N(c2nccc(-c3cc(-c4ccccc4)cc(-c4ccc(-c5ccccc5)cc4)c3)n2)c2c1ccc1ccccc21. The van der Waals surface area contributed by atoms with E-state index in [1.165, 1.54) is 11.1 Å². The lowest BCUT2D eigenvalue weighted by Crippen LogP contribution is -2.15. The first-order valence-electron chi connectivity index (χ1n) is 15.8. The summed E-state index contributed by atoms with van der Waals surface area (Å²) in [7, 11) is 0. The number of nitrogens with zero attached hydrogens (tertiary/aromatic N) is 3. The van der Waals surface area contributed by atoms with Gasteiger partial charge in [0.1, 0.15) is 0 Å². The predicted molar refractivity (Wildman–Crippen MR) is 197 cm³/mol. The zero-order chi connectivity index (χ0) is 31.6. The van der Waals surface area contributed by atoms with Crippen molar-refractivity contribution in [1.29, 1.82) is 0 Å². The molecule has 3 nitrogen and oxygen atoms in total. The van der Waals surface area contributed by atoms with Gasteiger partial charge in [-0.1, -0.05) is 140 Å². The van der Waals surface area contributed by atoms with Crippen LogP contribution < -0.4 is 4.90 Å². The molecule has 8 rings (SSSR count). The van der Waals surface area contributed by atoms with Crippen molar-refractivity contribution < 1.29 is 0 Å². The molecule has 0 saturated heterocycles. The van der Waals surface area contributed by atoms with E-state index in [0.29, 0.717) is 5.95 Å². The van der Waals surface area contributed by atoms with Gasteiger partial charge < -0.3 is 0 Å². The number of fused-ring (bicyclic) bond motifs is 3. The molecule has 6 aromatic carbocycles. The molecule has 7 aromatic rings. The average Bonchev–Trinajstić information content (AvgIpc) is 3.14. The number of rotatable bonds is 5. The fraction of sp³-hybridized carbons (Fsp3) is 0. The Kier molecular flexibility index (Phi) is 7.33. The third kappa shape index (κ3) is 5.56. The van der Waals surface area contributed by atoms with Crippen molar-refractivity contribution in [1.82, 2.24) is 9.97 Å². The summed E-state index contributed by atoms with van der Waals surface area (Å²) in [6, 6.07) is 51.2. The van der Waals surface area contributed by atoms with Gasteiger partial charge in [-0.3, -0.25) is 4.90 Å². The molecule has 0 radical (unpaired) electrons. The predicted octanol–water partition coefficient (Wildman–Crippen LogP) is 11.5. The van der Waals surface area contributed by atoms with Crippen LogP contribution in [0.4, 0.5) is 11.6 Å². The van der Waals surface area contributed by atoms with E-state index in [-0.39, 0.29) is 0 Å². The number of hydrogen-bond donors (Lipinski definition) is 0. The van der Waals surface area contributed by atoms with Gasteiger partial charge in [-0.2, -0.15) is 0 Å². The van der Waals surface area contributed by atoms with Gasteiger partial charge in [0, 0.05) is 28.9 Å². The van der Waals surface area contributed by atoms with E-state index in [1.54, 1.807) is 0 Å². The Balaban J connectivity index is 1.26. The van der Waals surface area contributed by atoms with Crippen molar-refractivity contribution in [2.45, 2.75) is 0 Å². The maximum absolute atomic E-state index is 5.20. The fourth-order valence-electron chi connectivity index (χ4n) is 6.26. The summed E-state index contributed by atoms with van der Waals surface area (Å²) < 4.78 is 0. The van der Waals surface area contributed by atoms with Gasteiger partial charge in [-0.15, -0.1) is 0 Å². The summed E-state index contributed by atoms with van der Waals surface area (Å²) in [5, 5.41) is 2.27. The number of anilines is 2. The molecule has 0 saturated carbocycles. The molecule has 1 aromatic heterocycles. The molecule has 3 heteroatoms. The summed E-state index contributed by atoms with van der Waals surface area (Å²) in [5.41, 5.74) is 11.8.